The molecule has 0 saturated carbocycles. The summed E-state index contributed by atoms with van der Waals surface area (Å²) in [5.41, 5.74) is 7.23. The van der Waals surface area contributed by atoms with Crippen LogP contribution in [0.1, 0.15) is 26.3 Å². The van der Waals surface area contributed by atoms with Crippen LogP contribution in [0.15, 0.2) is 122 Å². The highest BCUT2D eigenvalue weighted by Crippen LogP contribution is 2.23. The highest BCUT2D eigenvalue weighted by Gasteiger charge is 2.25. The minimum Gasteiger partial charge on any atom is -0.0876 e. The van der Waals surface area contributed by atoms with E-state index in [-0.39, 0.29) is 5.41 Å². The molecular formula is C30H29N3+2. The molecule has 0 N–H and O–H groups in total. The van der Waals surface area contributed by atoms with E-state index in [9.17, 15) is 0 Å². The second kappa shape index (κ2) is 8.51. The van der Waals surface area contributed by atoms with Gasteiger partial charge in [-0.15, -0.1) is 0 Å². The fourth-order valence-electron chi connectivity index (χ4n) is 4.04. The Kier molecular flexibility index (Phi) is 5.39. The third kappa shape index (κ3) is 4.35. The molecular weight excluding hydrogens is 402 g/mol. The average molecular weight is 432 g/mol. The van der Waals surface area contributed by atoms with Crippen molar-refractivity contribution in [2.45, 2.75) is 26.2 Å². The monoisotopic (exact) mass is 431 g/mol. The fraction of sp³-hybridized carbons (Fsp3) is 0.133. The Morgan fingerprint density at radius 3 is 1.76 bits per heavy atom. The standard InChI is InChI=1S/C30H29N3/c1-30(2,3)26-16-20-29(21-17-26)33-23-31(27-12-8-5-9-13-27)22-32(33)28-18-14-25(15-19-28)24-10-6-4-7-11-24/h4-23H,1-3H3/q+2. The number of para-hydroxylation sites is 1. The largest absolute Gasteiger partial charge is 0.444 e. The van der Waals surface area contributed by atoms with E-state index in [4.69, 9.17) is 0 Å². The van der Waals surface area contributed by atoms with Crippen LogP contribution < -0.4 is 9.25 Å². The molecule has 5 rings (SSSR count). The number of benzene rings is 4. The van der Waals surface area contributed by atoms with Crippen molar-refractivity contribution in [3.8, 4) is 28.2 Å². The highest BCUT2D eigenvalue weighted by atomic mass is 15.5. The Labute approximate surface area is 195 Å². The van der Waals surface area contributed by atoms with Crippen LogP contribution >= 0.6 is 0 Å². The molecule has 0 fully saturated rings. The predicted molar refractivity (Wildman–Crippen MR) is 133 cm³/mol. The van der Waals surface area contributed by atoms with Crippen molar-refractivity contribution in [1.82, 2.24) is 4.68 Å². The Morgan fingerprint density at radius 1 is 0.576 bits per heavy atom. The van der Waals surface area contributed by atoms with Gasteiger partial charge in [-0.3, -0.25) is 0 Å². The maximum atomic E-state index is 2.25. The molecule has 3 heteroatoms. The van der Waals surface area contributed by atoms with Crippen molar-refractivity contribution in [2.75, 3.05) is 0 Å². The van der Waals surface area contributed by atoms with Crippen molar-refractivity contribution in [3.63, 3.8) is 0 Å². The second-order valence-electron chi connectivity index (χ2n) is 9.37. The highest BCUT2D eigenvalue weighted by molar-refractivity contribution is 5.64. The number of hydrogen-bond acceptors (Lipinski definition) is 0. The Bertz CT molecular complexity index is 1340. The maximum absolute atomic E-state index is 2.25. The Balaban J connectivity index is 1.59. The minimum atomic E-state index is 0.127. The smallest absolute Gasteiger partial charge is 0.0876 e. The van der Waals surface area contributed by atoms with E-state index in [1.54, 1.807) is 0 Å². The van der Waals surface area contributed by atoms with E-state index < -0.39 is 0 Å². The van der Waals surface area contributed by atoms with Gasteiger partial charge in [-0.2, -0.15) is 0 Å². The predicted octanol–water partition coefficient (Wildman–Crippen LogP) is 6.00. The number of aromatic nitrogens is 3. The summed E-state index contributed by atoms with van der Waals surface area (Å²) in [5, 5.41) is 0. The number of nitrogens with zero attached hydrogens (tertiary/aromatic N) is 3. The first-order valence-electron chi connectivity index (χ1n) is 11.4. The molecule has 0 amide bonds. The van der Waals surface area contributed by atoms with Gasteiger partial charge >= 0.3 is 12.7 Å². The van der Waals surface area contributed by atoms with Crippen LogP contribution in [-0.4, -0.2) is 4.68 Å². The summed E-state index contributed by atoms with van der Waals surface area (Å²) >= 11 is 0. The molecule has 0 radical (unpaired) electrons. The van der Waals surface area contributed by atoms with Gasteiger partial charge in [0.1, 0.15) is 5.69 Å². The molecule has 1 aromatic heterocycles. The molecule has 0 aliphatic heterocycles. The molecule has 0 bridgehead atoms. The minimum absolute atomic E-state index is 0.127. The zero-order chi connectivity index (χ0) is 22.8. The first-order valence-corrected chi connectivity index (χ1v) is 11.4. The molecule has 0 aliphatic rings. The summed E-state index contributed by atoms with van der Waals surface area (Å²) in [7, 11) is 0. The first kappa shape index (κ1) is 20.9. The lowest BCUT2D eigenvalue weighted by atomic mass is 9.87. The molecule has 0 atom stereocenters. The number of hydrogen-bond donors (Lipinski definition) is 0. The second-order valence-corrected chi connectivity index (χ2v) is 9.37. The van der Waals surface area contributed by atoms with Crippen LogP contribution in [0.5, 0.6) is 0 Å². The summed E-state index contributed by atoms with van der Waals surface area (Å²) in [5.74, 6) is 0. The Hall–Kier alpha value is -3.98. The summed E-state index contributed by atoms with van der Waals surface area (Å²) < 4.78 is 6.54. The zero-order valence-electron chi connectivity index (χ0n) is 19.4. The third-order valence-corrected chi connectivity index (χ3v) is 5.99. The molecule has 3 nitrogen and oxygen atoms in total. The molecule has 0 aliphatic carbocycles. The van der Waals surface area contributed by atoms with Gasteiger partial charge in [-0.25, -0.2) is 0 Å². The van der Waals surface area contributed by atoms with Gasteiger partial charge in [0.15, 0.2) is 0 Å². The van der Waals surface area contributed by atoms with E-state index >= 15 is 0 Å². The molecule has 4 aromatic carbocycles. The maximum Gasteiger partial charge on any atom is 0.444 e. The SMILES string of the molecule is CC(C)(C)c1ccc(-[n+]2c[n+](-c3ccccc3)cn2-c2ccc(-c3ccccc3)cc2)cc1. The molecule has 5 aromatic rings. The van der Waals surface area contributed by atoms with Gasteiger partial charge < -0.3 is 0 Å². The van der Waals surface area contributed by atoms with Crippen LogP contribution in [0.4, 0.5) is 0 Å². The average Bonchev–Trinajstić information content (AvgIpc) is 3.30. The zero-order valence-corrected chi connectivity index (χ0v) is 19.4. The molecule has 1 heterocycles. The van der Waals surface area contributed by atoms with Crippen LogP contribution in [0.25, 0.3) is 28.2 Å². The van der Waals surface area contributed by atoms with E-state index in [2.05, 4.69) is 144 Å². The van der Waals surface area contributed by atoms with Crippen LogP contribution in [0, 0.1) is 0 Å². The van der Waals surface area contributed by atoms with Gasteiger partial charge in [-0.05, 0) is 38.9 Å². The topological polar surface area (TPSA) is 12.7 Å². The first-order chi connectivity index (χ1) is 16.0. The van der Waals surface area contributed by atoms with E-state index in [0.29, 0.717) is 0 Å². The van der Waals surface area contributed by atoms with E-state index in [1.807, 2.05) is 12.1 Å². The van der Waals surface area contributed by atoms with Crippen LogP contribution in [-0.2, 0) is 5.41 Å². The molecule has 0 spiro atoms. The van der Waals surface area contributed by atoms with Gasteiger partial charge in [-0.1, -0.05) is 103 Å². The van der Waals surface area contributed by atoms with Gasteiger partial charge in [0, 0.05) is 24.3 Å². The van der Waals surface area contributed by atoms with E-state index in [0.717, 1.165) is 17.1 Å². The van der Waals surface area contributed by atoms with Crippen LogP contribution in [0.3, 0.4) is 0 Å². The molecule has 0 unspecified atom stereocenters. The molecule has 33 heavy (non-hydrogen) atoms. The Morgan fingerprint density at radius 2 is 1.15 bits per heavy atom. The summed E-state index contributed by atoms with van der Waals surface area (Å²) in [4.78, 5) is 0. The van der Waals surface area contributed by atoms with Crippen molar-refractivity contribution < 1.29 is 9.25 Å². The van der Waals surface area contributed by atoms with Crippen molar-refractivity contribution in [3.05, 3.63) is 127 Å². The van der Waals surface area contributed by atoms with Crippen molar-refractivity contribution in [1.29, 1.82) is 0 Å². The molecule has 0 saturated heterocycles. The lowest BCUT2D eigenvalue weighted by Gasteiger charge is -2.18. The van der Waals surface area contributed by atoms with Gasteiger partial charge in [0.25, 0.3) is 0 Å². The van der Waals surface area contributed by atoms with Crippen LogP contribution in [0.2, 0.25) is 0 Å². The fourth-order valence-corrected chi connectivity index (χ4v) is 4.04. The van der Waals surface area contributed by atoms with Crippen molar-refractivity contribution >= 4 is 0 Å². The quantitative estimate of drug-likeness (QED) is 0.310. The number of rotatable bonds is 4. The third-order valence-electron chi connectivity index (χ3n) is 5.99. The van der Waals surface area contributed by atoms with Crippen molar-refractivity contribution in [2.24, 2.45) is 0 Å². The van der Waals surface area contributed by atoms with E-state index in [1.165, 1.54) is 16.7 Å². The van der Waals surface area contributed by atoms with Gasteiger partial charge in [0.2, 0.25) is 11.4 Å². The lowest BCUT2D eigenvalue weighted by Crippen LogP contribution is -2.40. The lowest BCUT2D eigenvalue weighted by molar-refractivity contribution is -0.733. The normalized spacial score (nSPS) is 11.5. The summed E-state index contributed by atoms with van der Waals surface area (Å²) in [6.07, 6.45) is 4.26. The van der Waals surface area contributed by atoms with Gasteiger partial charge in [0.05, 0.1) is 0 Å². The summed E-state index contributed by atoms with van der Waals surface area (Å²) in [6, 6.07) is 38.5. The molecule has 162 valence electrons. The summed E-state index contributed by atoms with van der Waals surface area (Å²) in [6.45, 7) is 6.74.